The Kier molecular flexibility index (Phi) is 4.22. The Morgan fingerprint density at radius 2 is 2.00 bits per heavy atom. The molecule has 0 saturated carbocycles. The van der Waals surface area contributed by atoms with Crippen LogP contribution >= 0.6 is 0 Å². The van der Waals surface area contributed by atoms with E-state index in [9.17, 15) is 17.6 Å². The summed E-state index contributed by atoms with van der Waals surface area (Å²) in [7, 11) is -1.50. The number of halogens is 1. The van der Waals surface area contributed by atoms with Gasteiger partial charge in [0.25, 0.3) is 5.91 Å². The minimum Gasteiger partial charge on any atom is -0.484 e. The van der Waals surface area contributed by atoms with Crippen molar-refractivity contribution in [1.82, 2.24) is 4.90 Å². The fourth-order valence-corrected chi connectivity index (χ4v) is 4.51. The van der Waals surface area contributed by atoms with Gasteiger partial charge in [0.1, 0.15) is 11.6 Å². The maximum Gasteiger partial charge on any atom is 0.260 e. The van der Waals surface area contributed by atoms with Crippen molar-refractivity contribution in [3.8, 4) is 5.75 Å². The van der Waals surface area contributed by atoms with Gasteiger partial charge in [0, 0.05) is 7.05 Å². The van der Waals surface area contributed by atoms with Gasteiger partial charge in [-0.15, -0.1) is 0 Å². The van der Waals surface area contributed by atoms with Gasteiger partial charge in [-0.25, -0.2) is 12.8 Å². The zero-order valence-corrected chi connectivity index (χ0v) is 12.8. The van der Waals surface area contributed by atoms with Crippen LogP contribution in [-0.2, 0) is 14.6 Å². The summed E-state index contributed by atoms with van der Waals surface area (Å²) >= 11 is 0. The van der Waals surface area contributed by atoms with Crippen LogP contribution in [0.4, 0.5) is 4.39 Å². The molecule has 1 aliphatic rings. The van der Waals surface area contributed by atoms with E-state index < -0.39 is 15.4 Å². The van der Waals surface area contributed by atoms with Crippen molar-refractivity contribution in [2.75, 3.05) is 25.2 Å². The Balaban J connectivity index is 1.95. The molecule has 5 nitrogen and oxygen atoms in total. The lowest BCUT2D eigenvalue weighted by Crippen LogP contribution is -2.49. The minimum atomic E-state index is -3.08. The van der Waals surface area contributed by atoms with Crippen molar-refractivity contribution in [3.05, 3.63) is 30.1 Å². The summed E-state index contributed by atoms with van der Waals surface area (Å²) in [5.74, 6) is -0.227. The van der Waals surface area contributed by atoms with Crippen LogP contribution in [0.2, 0.25) is 0 Å². The Morgan fingerprint density at radius 3 is 2.52 bits per heavy atom. The SMILES string of the molecule is CN(C(=O)COc1ccc(F)cc1)[C@@]1(C)CCS(=O)(=O)C1. The predicted octanol–water partition coefficient (Wildman–Crippen LogP) is 1.24. The highest BCUT2D eigenvalue weighted by Crippen LogP contribution is 2.28. The monoisotopic (exact) mass is 315 g/mol. The van der Waals surface area contributed by atoms with Crippen molar-refractivity contribution >= 4 is 15.7 Å². The molecule has 1 amide bonds. The first-order valence-corrected chi connectivity index (χ1v) is 8.39. The number of benzene rings is 1. The highest BCUT2D eigenvalue weighted by atomic mass is 32.2. The van der Waals surface area contributed by atoms with Crippen molar-refractivity contribution < 1.29 is 22.3 Å². The Labute approximate surface area is 123 Å². The van der Waals surface area contributed by atoms with Crippen LogP contribution in [0, 0.1) is 5.82 Å². The number of amides is 1. The van der Waals surface area contributed by atoms with E-state index in [-0.39, 0.29) is 29.8 Å². The van der Waals surface area contributed by atoms with Crippen LogP contribution in [0.3, 0.4) is 0 Å². The van der Waals surface area contributed by atoms with Gasteiger partial charge in [0.15, 0.2) is 16.4 Å². The average molecular weight is 315 g/mol. The smallest absolute Gasteiger partial charge is 0.260 e. The summed E-state index contributed by atoms with van der Waals surface area (Å²) in [6, 6.07) is 5.36. The molecule has 0 aliphatic carbocycles. The van der Waals surface area contributed by atoms with Crippen molar-refractivity contribution in [3.63, 3.8) is 0 Å². The number of carbonyl (C=O) groups excluding carboxylic acids is 1. The number of rotatable bonds is 4. The number of hydrogen-bond donors (Lipinski definition) is 0. The number of likely N-dealkylation sites (N-methyl/N-ethyl adjacent to an activating group) is 1. The molecule has 0 spiro atoms. The summed E-state index contributed by atoms with van der Waals surface area (Å²) in [6.07, 6.45) is 0.425. The lowest BCUT2D eigenvalue weighted by Gasteiger charge is -2.34. The topological polar surface area (TPSA) is 63.7 Å². The van der Waals surface area contributed by atoms with Gasteiger partial charge in [-0.2, -0.15) is 0 Å². The number of carbonyl (C=O) groups is 1. The van der Waals surface area contributed by atoms with E-state index in [1.165, 1.54) is 29.2 Å². The van der Waals surface area contributed by atoms with Gasteiger partial charge < -0.3 is 9.64 Å². The molecular weight excluding hydrogens is 297 g/mol. The molecular formula is C14H18FNO4S. The van der Waals surface area contributed by atoms with Gasteiger partial charge in [-0.3, -0.25) is 4.79 Å². The molecule has 7 heteroatoms. The third-order valence-electron chi connectivity index (χ3n) is 3.84. The number of sulfone groups is 1. The molecule has 1 heterocycles. The summed E-state index contributed by atoms with van der Waals surface area (Å²) in [6.45, 7) is 1.55. The molecule has 0 unspecified atom stereocenters. The molecule has 0 aromatic heterocycles. The zero-order valence-electron chi connectivity index (χ0n) is 12.0. The zero-order chi connectivity index (χ0) is 15.7. The van der Waals surface area contributed by atoms with E-state index in [0.29, 0.717) is 12.2 Å². The summed E-state index contributed by atoms with van der Waals surface area (Å²) in [5.41, 5.74) is -0.692. The molecule has 21 heavy (non-hydrogen) atoms. The maximum absolute atomic E-state index is 12.8. The molecule has 1 aliphatic heterocycles. The molecule has 0 bridgehead atoms. The van der Waals surface area contributed by atoms with E-state index in [1.807, 2.05) is 0 Å². The van der Waals surface area contributed by atoms with Crippen LogP contribution < -0.4 is 4.74 Å². The minimum absolute atomic E-state index is 0.0290. The number of ether oxygens (including phenoxy) is 1. The normalized spacial score (nSPS) is 23.8. The predicted molar refractivity (Wildman–Crippen MR) is 76.3 cm³/mol. The van der Waals surface area contributed by atoms with Crippen molar-refractivity contribution in [2.24, 2.45) is 0 Å². The molecule has 0 N–H and O–H groups in total. The molecule has 1 fully saturated rings. The van der Waals surface area contributed by atoms with Crippen molar-refractivity contribution in [2.45, 2.75) is 18.9 Å². The van der Waals surface area contributed by atoms with Crippen LogP contribution in [0.5, 0.6) is 5.75 Å². The van der Waals surface area contributed by atoms with E-state index >= 15 is 0 Å². The molecule has 2 rings (SSSR count). The third kappa shape index (κ3) is 3.72. The number of nitrogens with zero attached hydrogens (tertiary/aromatic N) is 1. The fourth-order valence-electron chi connectivity index (χ4n) is 2.33. The van der Waals surface area contributed by atoms with E-state index in [2.05, 4.69) is 0 Å². The third-order valence-corrected chi connectivity index (χ3v) is 5.73. The highest BCUT2D eigenvalue weighted by Gasteiger charge is 2.43. The molecule has 1 aromatic rings. The average Bonchev–Trinajstić information content (AvgIpc) is 2.72. The van der Waals surface area contributed by atoms with Gasteiger partial charge in [0.05, 0.1) is 17.0 Å². The first-order valence-electron chi connectivity index (χ1n) is 6.57. The standard InChI is InChI=1S/C14H18FNO4S/c1-14(7-8-21(18,19)10-14)16(2)13(17)9-20-12-5-3-11(15)4-6-12/h3-6H,7-10H2,1-2H3/t14-/m0/s1. The quantitative estimate of drug-likeness (QED) is 0.838. The largest absolute Gasteiger partial charge is 0.484 e. The second-order valence-electron chi connectivity index (χ2n) is 5.53. The summed E-state index contributed by atoms with van der Waals surface area (Å²) in [4.78, 5) is 13.6. The molecule has 0 radical (unpaired) electrons. The van der Waals surface area contributed by atoms with Gasteiger partial charge in [-0.1, -0.05) is 0 Å². The van der Waals surface area contributed by atoms with Crippen LogP contribution in [0.15, 0.2) is 24.3 Å². The summed E-state index contributed by atoms with van der Waals surface area (Å²) < 4.78 is 41.2. The summed E-state index contributed by atoms with van der Waals surface area (Å²) in [5, 5.41) is 0. The van der Waals surface area contributed by atoms with Gasteiger partial charge >= 0.3 is 0 Å². The lowest BCUT2D eigenvalue weighted by atomic mass is 10.00. The second kappa shape index (κ2) is 5.63. The van der Waals surface area contributed by atoms with Gasteiger partial charge in [-0.05, 0) is 37.6 Å². The lowest BCUT2D eigenvalue weighted by molar-refractivity contribution is -0.136. The van der Waals surface area contributed by atoms with Gasteiger partial charge in [0.2, 0.25) is 0 Å². The maximum atomic E-state index is 12.8. The molecule has 1 saturated heterocycles. The first-order chi connectivity index (χ1) is 9.72. The van der Waals surface area contributed by atoms with Crippen molar-refractivity contribution in [1.29, 1.82) is 0 Å². The highest BCUT2D eigenvalue weighted by molar-refractivity contribution is 7.91. The van der Waals surface area contributed by atoms with E-state index in [0.717, 1.165) is 0 Å². The Bertz CT molecular complexity index is 629. The fraction of sp³-hybridized carbons (Fsp3) is 0.500. The molecule has 116 valence electrons. The van der Waals surface area contributed by atoms with Crippen LogP contribution in [0.25, 0.3) is 0 Å². The van der Waals surface area contributed by atoms with Crippen LogP contribution in [-0.4, -0.2) is 49.9 Å². The Morgan fingerprint density at radius 1 is 1.38 bits per heavy atom. The van der Waals surface area contributed by atoms with Crippen LogP contribution in [0.1, 0.15) is 13.3 Å². The second-order valence-corrected chi connectivity index (χ2v) is 7.72. The molecule has 1 atom stereocenters. The first kappa shape index (κ1) is 15.8. The van der Waals surface area contributed by atoms with E-state index in [4.69, 9.17) is 4.74 Å². The Hall–Kier alpha value is -1.63. The number of hydrogen-bond acceptors (Lipinski definition) is 4. The van der Waals surface area contributed by atoms with E-state index in [1.54, 1.807) is 14.0 Å². The molecule has 1 aromatic carbocycles.